The maximum absolute atomic E-state index is 11.5. The van der Waals surface area contributed by atoms with Crippen LogP contribution in [0.5, 0.6) is 0 Å². The third kappa shape index (κ3) is 3.37. The van der Waals surface area contributed by atoms with E-state index in [9.17, 15) is 4.79 Å². The first-order valence-electron chi connectivity index (χ1n) is 9.90. The highest BCUT2D eigenvalue weighted by atomic mass is 32.1. The molecule has 6 heteroatoms. The largest absolute Gasteiger partial charge is 0.365 e. The summed E-state index contributed by atoms with van der Waals surface area (Å²) < 4.78 is 0. The smallest absolute Gasteiger partial charge is 0.258 e. The third-order valence-electron chi connectivity index (χ3n) is 5.70. The number of primary amides is 1. The van der Waals surface area contributed by atoms with Gasteiger partial charge in [0, 0.05) is 11.1 Å². The van der Waals surface area contributed by atoms with Crippen LogP contribution in [-0.2, 0) is 5.54 Å². The van der Waals surface area contributed by atoms with Crippen molar-refractivity contribution in [2.24, 2.45) is 11.5 Å². The van der Waals surface area contributed by atoms with Gasteiger partial charge >= 0.3 is 0 Å². The summed E-state index contributed by atoms with van der Waals surface area (Å²) in [7, 11) is 0. The van der Waals surface area contributed by atoms with E-state index in [0.29, 0.717) is 4.88 Å². The molecule has 0 aliphatic heterocycles. The van der Waals surface area contributed by atoms with Gasteiger partial charge in [0.25, 0.3) is 5.91 Å². The van der Waals surface area contributed by atoms with Gasteiger partial charge in [0.15, 0.2) is 0 Å². The molecule has 2 aromatic carbocycles. The molecule has 4 aromatic rings. The van der Waals surface area contributed by atoms with E-state index in [1.165, 1.54) is 23.3 Å². The Morgan fingerprint density at radius 1 is 0.900 bits per heavy atom. The molecule has 4 N–H and O–H groups in total. The van der Waals surface area contributed by atoms with Gasteiger partial charge < -0.3 is 11.5 Å². The van der Waals surface area contributed by atoms with Crippen molar-refractivity contribution in [1.29, 1.82) is 0 Å². The predicted molar refractivity (Wildman–Crippen MR) is 125 cm³/mol. The third-order valence-corrected chi connectivity index (χ3v) is 8.08. The lowest BCUT2D eigenvalue weighted by Gasteiger charge is -2.38. The van der Waals surface area contributed by atoms with Gasteiger partial charge in [0.2, 0.25) is 0 Å². The number of amides is 1. The Morgan fingerprint density at radius 2 is 1.63 bits per heavy atom. The van der Waals surface area contributed by atoms with Crippen LogP contribution in [0.4, 0.5) is 0 Å². The maximum Gasteiger partial charge on any atom is 0.258 e. The van der Waals surface area contributed by atoms with E-state index in [1.54, 1.807) is 17.4 Å². The summed E-state index contributed by atoms with van der Waals surface area (Å²) in [4.78, 5) is 19.1. The van der Waals surface area contributed by atoms with E-state index < -0.39 is 5.91 Å². The Morgan fingerprint density at radius 3 is 2.23 bits per heavy atom. The van der Waals surface area contributed by atoms with E-state index in [-0.39, 0.29) is 5.54 Å². The van der Waals surface area contributed by atoms with Gasteiger partial charge in [-0.3, -0.25) is 4.79 Å². The molecule has 1 fully saturated rings. The minimum Gasteiger partial charge on any atom is -0.365 e. The molecule has 5 rings (SSSR count). The van der Waals surface area contributed by atoms with Gasteiger partial charge in [-0.1, -0.05) is 54.6 Å². The van der Waals surface area contributed by atoms with Crippen LogP contribution in [0.25, 0.3) is 31.6 Å². The molecule has 2 heterocycles. The number of carbonyl (C=O) groups is 1. The lowest BCUT2D eigenvalue weighted by atomic mass is 9.72. The summed E-state index contributed by atoms with van der Waals surface area (Å²) in [5.41, 5.74) is 16.1. The van der Waals surface area contributed by atoms with Crippen LogP contribution in [0.2, 0.25) is 0 Å². The van der Waals surface area contributed by atoms with Gasteiger partial charge in [-0.15, -0.1) is 22.7 Å². The minimum absolute atomic E-state index is 0.170. The standard InChI is InChI=1S/C24H21N3OS2/c25-22(28)18-11-12-19(29-18)23-27-20(21(30-23)16-5-2-1-3-6-16)15-7-9-17(10-8-15)24(26)13-4-14-24/h1-3,5-12H,4,13-14,26H2,(H2,25,28). The zero-order valence-corrected chi connectivity index (χ0v) is 17.9. The normalized spacial score (nSPS) is 15.0. The van der Waals surface area contributed by atoms with Crippen LogP contribution in [0, 0.1) is 0 Å². The van der Waals surface area contributed by atoms with Crippen LogP contribution < -0.4 is 11.5 Å². The summed E-state index contributed by atoms with van der Waals surface area (Å²) in [5.74, 6) is -0.409. The second-order valence-electron chi connectivity index (χ2n) is 7.68. The number of benzene rings is 2. The Balaban J connectivity index is 1.59. The second kappa shape index (κ2) is 7.47. The molecule has 2 aromatic heterocycles. The minimum atomic E-state index is -0.409. The first-order valence-corrected chi connectivity index (χ1v) is 11.5. The first-order chi connectivity index (χ1) is 14.5. The summed E-state index contributed by atoms with van der Waals surface area (Å²) in [6, 6.07) is 22.5. The van der Waals surface area contributed by atoms with Gasteiger partial charge in [-0.25, -0.2) is 4.98 Å². The van der Waals surface area contributed by atoms with Crippen molar-refractivity contribution in [2.75, 3.05) is 0 Å². The van der Waals surface area contributed by atoms with E-state index in [1.807, 2.05) is 24.3 Å². The molecule has 1 aliphatic rings. The molecule has 150 valence electrons. The Kier molecular flexibility index (Phi) is 4.77. The molecule has 0 spiro atoms. The number of hydrogen-bond acceptors (Lipinski definition) is 5. The molecule has 1 saturated carbocycles. The van der Waals surface area contributed by atoms with Crippen molar-refractivity contribution in [3.63, 3.8) is 0 Å². The van der Waals surface area contributed by atoms with Crippen molar-refractivity contribution < 1.29 is 4.79 Å². The summed E-state index contributed by atoms with van der Waals surface area (Å²) in [6.07, 6.45) is 3.28. The molecule has 0 unspecified atom stereocenters. The number of thiazole rings is 1. The fourth-order valence-electron chi connectivity index (χ4n) is 3.80. The second-order valence-corrected chi connectivity index (χ2v) is 9.76. The monoisotopic (exact) mass is 431 g/mol. The number of aromatic nitrogens is 1. The zero-order valence-electron chi connectivity index (χ0n) is 16.3. The van der Waals surface area contributed by atoms with Gasteiger partial charge in [-0.05, 0) is 42.5 Å². The molecule has 0 bridgehead atoms. The van der Waals surface area contributed by atoms with Gasteiger partial charge in [0.05, 0.1) is 20.3 Å². The molecule has 4 nitrogen and oxygen atoms in total. The van der Waals surface area contributed by atoms with Crippen LogP contribution in [-0.4, -0.2) is 10.9 Å². The van der Waals surface area contributed by atoms with E-state index in [4.69, 9.17) is 16.5 Å². The van der Waals surface area contributed by atoms with Crippen molar-refractivity contribution in [2.45, 2.75) is 24.8 Å². The van der Waals surface area contributed by atoms with Crippen molar-refractivity contribution in [3.8, 4) is 31.6 Å². The molecule has 0 atom stereocenters. The lowest BCUT2D eigenvalue weighted by Crippen LogP contribution is -2.43. The summed E-state index contributed by atoms with van der Waals surface area (Å²) in [5, 5.41) is 0.889. The van der Waals surface area contributed by atoms with Gasteiger partial charge in [0.1, 0.15) is 5.01 Å². The topological polar surface area (TPSA) is 82.0 Å². The number of hydrogen-bond donors (Lipinski definition) is 2. The Labute approximate surface area is 183 Å². The summed E-state index contributed by atoms with van der Waals surface area (Å²) in [6.45, 7) is 0. The molecule has 0 radical (unpaired) electrons. The number of rotatable bonds is 5. The van der Waals surface area contributed by atoms with Crippen molar-refractivity contribution in [3.05, 3.63) is 77.2 Å². The zero-order chi connectivity index (χ0) is 20.7. The van der Waals surface area contributed by atoms with Crippen molar-refractivity contribution in [1.82, 2.24) is 4.98 Å². The van der Waals surface area contributed by atoms with Crippen LogP contribution in [0.15, 0.2) is 66.7 Å². The lowest BCUT2D eigenvalue weighted by molar-refractivity contribution is 0.100. The van der Waals surface area contributed by atoms with E-state index in [0.717, 1.165) is 44.4 Å². The summed E-state index contributed by atoms with van der Waals surface area (Å²) >= 11 is 3.01. The van der Waals surface area contributed by atoms with Crippen LogP contribution in [0.3, 0.4) is 0 Å². The first kappa shape index (κ1) is 19.2. The number of nitrogens with two attached hydrogens (primary N) is 2. The molecular formula is C24H21N3OS2. The fraction of sp³-hybridized carbons (Fsp3) is 0.167. The average Bonchev–Trinajstić information content (AvgIpc) is 3.40. The fourth-order valence-corrected chi connectivity index (χ4v) is 5.80. The molecule has 30 heavy (non-hydrogen) atoms. The highest BCUT2D eigenvalue weighted by Crippen LogP contribution is 2.43. The van der Waals surface area contributed by atoms with Crippen LogP contribution >= 0.6 is 22.7 Å². The van der Waals surface area contributed by atoms with Gasteiger partial charge in [-0.2, -0.15) is 0 Å². The highest BCUT2D eigenvalue weighted by molar-refractivity contribution is 7.24. The van der Waals surface area contributed by atoms with Crippen LogP contribution in [0.1, 0.15) is 34.5 Å². The number of thiophene rings is 1. The predicted octanol–water partition coefficient (Wildman–Crippen LogP) is 5.64. The quantitative estimate of drug-likeness (QED) is 0.429. The van der Waals surface area contributed by atoms with Crippen molar-refractivity contribution >= 4 is 28.6 Å². The van der Waals surface area contributed by atoms with E-state index >= 15 is 0 Å². The maximum atomic E-state index is 11.5. The molecule has 1 amide bonds. The number of nitrogens with zero attached hydrogens (tertiary/aromatic N) is 1. The average molecular weight is 432 g/mol. The molecule has 0 saturated heterocycles. The Bertz CT molecular complexity index is 1200. The Hall–Kier alpha value is -2.80. The van der Waals surface area contributed by atoms with E-state index in [2.05, 4.69) is 36.4 Å². The highest BCUT2D eigenvalue weighted by Gasteiger charge is 2.34. The SMILES string of the molecule is NC(=O)c1ccc(-c2nc(-c3ccc(C4(N)CCC4)cc3)c(-c3ccccc3)s2)s1. The molecular weight excluding hydrogens is 410 g/mol. The number of carbonyl (C=O) groups excluding carboxylic acids is 1. The molecule has 1 aliphatic carbocycles.